The average molecular weight is 349 g/mol. The van der Waals surface area contributed by atoms with Crippen LogP contribution in [0, 0.1) is 13.8 Å². The zero-order valence-electron chi connectivity index (χ0n) is 14.7. The van der Waals surface area contributed by atoms with Gasteiger partial charge in [-0.1, -0.05) is 11.8 Å². The number of morpholine rings is 1. The smallest absolute Gasteiger partial charge is 0.253 e. The van der Waals surface area contributed by atoms with Crippen molar-refractivity contribution in [3.8, 4) is 0 Å². The van der Waals surface area contributed by atoms with Gasteiger partial charge in [0.25, 0.3) is 5.78 Å². The van der Waals surface area contributed by atoms with Gasteiger partial charge in [0.2, 0.25) is 11.1 Å². The highest BCUT2D eigenvalue weighted by molar-refractivity contribution is 8.00. The van der Waals surface area contributed by atoms with Crippen LogP contribution in [0.1, 0.15) is 32.2 Å². The fourth-order valence-electron chi connectivity index (χ4n) is 3.02. The predicted octanol–water partition coefficient (Wildman–Crippen LogP) is 1.86. The number of carbonyl (C=O) groups is 1. The predicted molar refractivity (Wildman–Crippen MR) is 92.2 cm³/mol. The second kappa shape index (κ2) is 6.68. The van der Waals surface area contributed by atoms with Gasteiger partial charge in [0.15, 0.2) is 0 Å². The summed E-state index contributed by atoms with van der Waals surface area (Å²) in [5.41, 5.74) is 1.89. The molecule has 130 valence electrons. The van der Waals surface area contributed by atoms with Crippen molar-refractivity contribution < 1.29 is 9.53 Å². The highest BCUT2D eigenvalue weighted by Crippen LogP contribution is 2.23. The largest absolute Gasteiger partial charge is 0.372 e. The molecular weight excluding hydrogens is 326 g/mol. The Hall–Kier alpha value is -1.67. The number of amides is 1. The maximum absolute atomic E-state index is 12.7. The maximum atomic E-state index is 12.7. The number of thioether (sulfide) groups is 1. The third kappa shape index (κ3) is 3.54. The number of rotatable bonds is 3. The van der Waals surface area contributed by atoms with Crippen LogP contribution in [-0.4, -0.2) is 60.9 Å². The number of aromatic nitrogens is 4. The van der Waals surface area contributed by atoms with Crippen molar-refractivity contribution in [1.82, 2.24) is 24.5 Å². The Labute approximate surface area is 145 Å². The van der Waals surface area contributed by atoms with Gasteiger partial charge < -0.3 is 9.64 Å². The van der Waals surface area contributed by atoms with Gasteiger partial charge in [-0.05, 0) is 40.7 Å². The van der Waals surface area contributed by atoms with E-state index in [0.717, 1.165) is 11.4 Å². The first-order valence-corrected chi connectivity index (χ1v) is 9.03. The van der Waals surface area contributed by atoms with Crippen molar-refractivity contribution in [3.05, 3.63) is 17.5 Å². The molecule has 24 heavy (non-hydrogen) atoms. The van der Waals surface area contributed by atoms with E-state index in [-0.39, 0.29) is 23.4 Å². The summed E-state index contributed by atoms with van der Waals surface area (Å²) in [5.74, 6) is 0.671. The van der Waals surface area contributed by atoms with Gasteiger partial charge >= 0.3 is 0 Å². The van der Waals surface area contributed by atoms with E-state index in [0.29, 0.717) is 24.0 Å². The summed E-state index contributed by atoms with van der Waals surface area (Å²) in [7, 11) is 0. The zero-order chi connectivity index (χ0) is 17.4. The maximum Gasteiger partial charge on any atom is 0.253 e. The highest BCUT2D eigenvalue weighted by Gasteiger charge is 2.29. The minimum Gasteiger partial charge on any atom is -0.372 e. The number of ether oxygens (including phenoxy) is 1. The summed E-state index contributed by atoms with van der Waals surface area (Å²) >= 11 is 1.37. The Morgan fingerprint density at radius 1 is 1.29 bits per heavy atom. The van der Waals surface area contributed by atoms with Crippen molar-refractivity contribution in [2.45, 2.75) is 57.2 Å². The molecule has 1 aliphatic heterocycles. The molecule has 2 aromatic rings. The van der Waals surface area contributed by atoms with E-state index in [1.165, 1.54) is 11.8 Å². The third-order valence-corrected chi connectivity index (χ3v) is 4.90. The molecule has 8 heteroatoms. The molecule has 0 unspecified atom stereocenters. The number of carbonyl (C=O) groups excluding carboxylic acids is 1. The van der Waals surface area contributed by atoms with E-state index in [4.69, 9.17) is 4.74 Å². The van der Waals surface area contributed by atoms with Crippen LogP contribution >= 0.6 is 11.8 Å². The van der Waals surface area contributed by atoms with Gasteiger partial charge in [0.05, 0.1) is 17.5 Å². The molecule has 2 aromatic heterocycles. The molecule has 3 atom stereocenters. The van der Waals surface area contributed by atoms with E-state index < -0.39 is 0 Å². The molecule has 7 nitrogen and oxygen atoms in total. The molecule has 0 radical (unpaired) electrons. The SMILES string of the molecule is Cc1cc(C)n2nc(S[C@@H](C)C(=O)N3C[C@@H](C)O[C@H](C)C3)nc2n1. The van der Waals surface area contributed by atoms with Crippen LogP contribution < -0.4 is 0 Å². The van der Waals surface area contributed by atoms with Gasteiger partial charge in [0, 0.05) is 24.5 Å². The Bertz CT molecular complexity index is 752. The quantitative estimate of drug-likeness (QED) is 0.788. The number of fused-ring (bicyclic) bond motifs is 1. The molecule has 0 aliphatic carbocycles. The van der Waals surface area contributed by atoms with Crippen molar-refractivity contribution in [2.24, 2.45) is 0 Å². The van der Waals surface area contributed by atoms with Crippen LogP contribution in [0.3, 0.4) is 0 Å². The number of hydrogen-bond donors (Lipinski definition) is 0. The number of hydrogen-bond acceptors (Lipinski definition) is 6. The number of aryl methyl sites for hydroxylation is 2. The lowest BCUT2D eigenvalue weighted by Crippen LogP contribution is -2.50. The highest BCUT2D eigenvalue weighted by atomic mass is 32.2. The monoisotopic (exact) mass is 349 g/mol. The molecule has 1 aliphatic rings. The summed E-state index contributed by atoms with van der Waals surface area (Å²) < 4.78 is 7.41. The van der Waals surface area contributed by atoms with E-state index in [2.05, 4.69) is 15.1 Å². The minimum atomic E-state index is -0.249. The van der Waals surface area contributed by atoms with Crippen LogP contribution in [0.4, 0.5) is 0 Å². The third-order valence-electron chi connectivity index (χ3n) is 3.96. The van der Waals surface area contributed by atoms with E-state index in [9.17, 15) is 4.79 Å². The van der Waals surface area contributed by atoms with E-state index in [1.807, 2.05) is 45.6 Å². The first-order valence-electron chi connectivity index (χ1n) is 8.15. The van der Waals surface area contributed by atoms with Gasteiger partial charge in [0.1, 0.15) is 0 Å². The normalized spacial score (nSPS) is 22.8. The van der Waals surface area contributed by atoms with Crippen LogP contribution in [0.5, 0.6) is 0 Å². The molecule has 0 N–H and O–H groups in total. The fraction of sp³-hybridized carbons (Fsp3) is 0.625. The zero-order valence-corrected chi connectivity index (χ0v) is 15.5. The Kier molecular flexibility index (Phi) is 4.78. The first kappa shape index (κ1) is 17.2. The van der Waals surface area contributed by atoms with E-state index in [1.54, 1.807) is 4.52 Å². The molecule has 0 bridgehead atoms. The molecule has 0 spiro atoms. The lowest BCUT2D eigenvalue weighted by molar-refractivity contribution is -0.142. The van der Waals surface area contributed by atoms with Crippen LogP contribution in [0.25, 0.3) is 5.78 Å². The van der Waals surface area contributed by atoms with Crippen molar-refractivity contribution in [3.63, 3.8) is 0 Å². The summed E-state index contributed by atoms with van der Waals surface area (Å²) in [5, 5.41) is 4.79. The van der Waals surface area contributed by atoms with Crippen molar-refractivity contribution in [1.29, 1.82) is 0 Å². The van der Waals surface area contributed by atoms with E-state index >= 15 is 0 Å². The topological polar surface area (TPSA) is 72.6 Å². The molecule has 3 rings (SSSR count). The summed E-state index contributed by atoms with van der Waals surface area (Å²) in [6.45, 7) is 11.0. The summed E-state index contributed by atoms with van der Waals surface area (Å²) in [6, 6.07) is 1.96. The van der Waals surface area contributed by atoms with Crippen molar-refractivity contribution >= 4 is 23.4 Å². The molecule has 1 amide bonds. The molecule has 0 saturated carbocycles. The molecule has 3 heterocycles. The second-order valence-electron chi connectivity index (χ2n) is 6.41. The van der Waals surface area contributed by atoms with Crippen molar-refractivity contribution in [2.75, 3.05) is 13.1 Å². The Balaban J connectivity index is 1.73. The van der Waals surface area contributed by atoms with Crippen LogP contribution in [0.2, 0.25) is 0 Å². The van der Waals surface area contributed by atoms with Crippen LogP contribution in [0.15, 0.2) is 11.2 Å². The molecule has 1 fully saturated rings. The fourth-order valence-corrected chi connectivity index (χ4v) is 3.85. The Morgan fingerprint density at radius 3 is 2.62 bits per heavy atom. The van der Waals surface area contributed by atoms with Gasteiger partial charge in [-0.25, -0.2) is 9.50 Å². The minimum absolute atomic E-state index is 0.0676. The first-order chi connectivity index (χ1) is 11.3. The number of nitrogens with zero attached hydrogens (tertiary/aromatic N) is 5. The second-order valence-corrected chi connectivity index (χ2v) is 7.71. The van der Waals surface area contributed by atoms with Gasteiger partial charge in [-0.3, -0.25) is 4.79 Å². The lowest BCUT2D eigenvalue weighted by atomic mass is 10.2. The molecule has 0 aromatic carbocycles. The summed E-state index contributed by atoms with van der Waals surface area (Å²) in [6.07, 6.45) is 0.135. The average Bonchev–Trinajstić information content (AvgIpc) is 2.88. The van der Waals surface area contributed by atoms with Gasteiger partial charge in [-0.2, -0.15) is 4.98 Å². The Morgan fingerprint density at radius 2 is 1.96 bits per heavy atom. The van der Waals surface area contributed by atoms with Gasteiger partial charge in [-0.15, -0.1) is 5.10 Å². The lowest BCUT2D eigenvalue weighted by Gasteiger charge is -2.36. The van der Waals surface area contributed by atoms with Crippen LogP contribution in [-0.2, 0) is 9.53 Å². The standard InChI is InChI=1S/C16H23N5O2S/c1-9-6-10(2)21-15(17-9)18-16(19-21)24-13(5)14(22)20-7-11(3)23-12(4)8-20/h6,11-13H,7-8H2,1-5H3/t11-,12-,13+/m1/s1. The molecular formula is C16H23N5O2S. The summed E-state index contributed by atoms with van der Waals surface area (Å²) in [4.78, 5) is 23.4. The molecule has 1 saturated heterocycles.